The van der Waals surface area contributed by atoms with Gasteiger partial charge < -0.3 is 14.6 Å². The summed E-state index contributed by atoms with van der Waals surface area (Å²) in [5, 5.41) is 0.833. The number of hydrogen-bond acceptors (Lipinski definition) is 5. The van der Waals surface area contributed by atoms with E-state index in [1.165, 1.54) is 0 Å². The molecular weight excluding hydrogens is 335 g/mol. The molecule has 0 radical (unpaired) electrons. The Kier molecular flexibility index (Phi) is 4.41. The number of anilines is 3. The minimum atomic E-state index is -0.298. The molecule has 2 unspecified atom stereocenters. The van der Waals surface area contributed by atoms with E-state index in [0.717, 1.165) is 24.1 Å². The van der Waals surface area contributed by atoms with Gasteiger partial charge in [-0.25, -0.2) is 4.98 Å². The Morgan fingerprint density at radius 1 is 1.26 bits per heavy atom. The zero-order valence-electron chi connectivity index (χ0n) is 12.8. The van der Waals surface area contributed by atoms with E-state index in [2.05, 4.69) is 9.97 Å². The number of halogens is 2. The van der Waals surface area contributed by atoms with E-state index in [0.29, 0.717) is 10.8 Å². The van der Waals surface area contributed by atoms with Gasteiger partial charge in [0.15, 0.2) is 5.82 Å². The van der Waals surface area contributed by atoms with Crippen LogP contribution in [0.4, 0.5) is 17.2 Å². The maximum Gasteiger partial charge on any atom is 0.224 e. The fourth-order valence-electron chi connectivity index (χ4n) is 3.02. The Balaban J connectivity index is 2.21. The number of aldehydes is 1. The van der Waals surface area contributed by atoms with Gasteiger partial charge in [0.25, 0.3) is 0 Å². The van der Waals surface area contributed by atoms with E-state index in [1.807, 2.05) is 48.0 Å². The molecule has 5 nitrogen and oxygen atoms in total. The van der Waals surface area contributed by atoms with Crippen LogP contribution in [-0.2, 0) is 4.79 Å². The lowest BCUT2D eigenvalue weighted by Crippen LogP contribution is -2.54. The Hall–Kier alpha value is -1.85. The Bertz CT molecular complexity index is 723. The van der Waals surface area contributed by atoms with Crippen molar-refractivity contribution in [2.24, 2.45) is 0 Å². The van der Waals surface area contributed by atoms with Gasteiger partial charge in [0.05, 0.1) is 17.9 Å². The highest BCUT2D eigenvalue weighted by atomic mass is 35.5. The number of benzene rings is 1. The van der Waals surface area contributed by atoms with Crippen molar-refractivity contribution in [3.8, 4) is 0 Å². The van der Waals surface area contributed by atoms with E-state index >= 15 is 0 Å². The Labute approximate surface area is 144 Å². The quantitative estimate of drug-likeness (QED) is 0.623. The molecule has 3 rings (SSSR count). The fraction of sp³-hybridized carbons (Fsp3) is 0.312. The van der Waals surface area contributed by atoms with Gasteiger partial charge in [-0.2, -0.15) is 4.98 Å². The first-order valence-corrected chi connectivity index (χ1v) is 8.08. The number of aromatic nitrogens is 2. The van der Waals surface area contributed by atoms with Gasteiger partial charge >= 0.3 is 0 Å². The van der Waals surface area contributed by atoms with Gasteiger partial charge in [-0.15, -0.1) is 0 Å². The van der Waals surface area contributed by atoms with Crippen LogP contribution in [0.3, 0.4) is 0 Å². The second-order valence-electron chi connectivity index (χ2n) is 5.41. The summed E-state index contributed by atoms with van der Waals surface area (Å²) in [7, 11) is 1.87. The first kappa shape index (κ1) is 16.0. The van der Waals surface area contributed by atoms with Crippen LogP contribution in [0, 0.1) is 0 Å². The monoisotopic (exact) mass is 350 g/mol. The van der Waals surface area contributed by atoms with Crippen LogP contribution in [-0.4, -0.2) is 35.4 Å². The van der Waals surface area contributed by atoms with Crippen molar-refractivity contribution in [1.82, 2.24) is 9.97 Å². The lowest BCUT2D eigenvalue weighted by Gasteiger charge is -2.45. The van der Waals surface area contributed by atoms with Crippen molar-refractivity contribution >= 4 is 46.7 Å². The molecular formula is C16H16Cl2N4O. The summed E-state index contributed by atoms with van der Waals surface area (Å²) >= 11 is 12.0. The smallest absolute Gasteiger partial charge is 0.224 e. The normalized spacial score (nSPS) is 20.3. The van der Waals surface area contributed by atoms with Gasteiger partial charge in [-0.1, -0.05) is 18.5 Å². The largest absolute Gasteiger partial charge is 0.359 e. The van der Waals surface area contributed by atoms with Crippen molar-refractivity contribution in [2.45, 2.75) is 25.4 Å². The van der Waals surface area contributed by atoms with Gasteiger partial charge in [0.2, 0.25) is 5.28 Å². The SMILES string of the molecule is CCC1C(C=O)N(C)c2cnc(Cl)nc2N1c1ccc(Cl)cc1. The Morgan fingerprint density at radius 2 is 1.96 bits per heavy atom. The van der Waals surface area contributed by atoms with Crippen LogP contribution < -0.4 is 9.80 Å². The molecule has 0 bridgehead atoms. The van der Waals surface area contributed by atoms with E-state index in [9.17, 15) is 4.79 Å². The Morgan fingerprint density at radius 3 is 2.57 bits per heavy atom. The van der Waals surface area contributed by atoms with Crippen molar-refractivity contribution in [3.05, 3.63) is 40.8 Å². The molecule has 2 heterocycles. The lowest BCUT2D eigenvalue weighted by molar-refractivity contribution is -0.109. The predicted molar refractivity (Wildman–Crippen MR) is 93.0 cm³/mol. The molecule has 0 N–H and O–H groups in total. The van der Waals surface area contributed by atoms with E-state index in [1.54, 1.807) is 6.20 Å². The van der Waals surface area contributed by atoms with Crippen molar-refractivity contribution < 1.29 is 4.79 Å². The number of hydrogen-bond donors (Lipinski definition) is 0. The average molecular weight is 351 g/mol. The summed E-state index contributed by atoms with van der Waals surface area (Å²) in [6.07, 6.45) is 3.39. The van der Waals surface area contributed by atoms with Crippen LogP contribution in [0.2, 0.25) is 10.3 Å². The summed E-state index contributed by atoms with van der Waals surface area (Å²) < 4.78 is 0. The molecule has 2 aromatic rings. The molecule has 0 spiro atoms. The highest BCUT2D eigenvalue weighted by Gasteiger charge is 2.38. The molecule has 0 saturated heterocycles. The topological polar surface area (TPSA) is 49.3 Å². The van der Waals surface area contributed by atoms with Crippen LogP contribution in [0.25, 0.3) is 0 Å². The molecule has 7 heteroatoms. The molecule has 1 aliphatic heterocycles. The lowest BCUT2D eigenvalue weighted by atomic mass is 9.98. The second-order valence-corrected chi connectivity index (χ2v) is 6.18. The average Bonchev–Trinajstić information content (AvgIpc) is 2.55. The zero-order chi connectivity index (χ0) is 16.6. The number of fused-ring (bicyclic) bond motifs is 1. The molecule has 0 amide bonds. The molecule has 0 fully saturated rings. The van der Waals surface area contributed by atoms with Crippen molar-refractivity contribution in [3.63, 3.8) is 0 Å². The van der Waals surface area contributed by atoms with Crippen LogP contribution in [0.5, 0.6) is 0 Å². The molecule has 23 heavy (non-hydrogen) atoms. The summed E-state index contributed by atoms with van der Waals surface area (Å²) in [6, 6.07) is 7.11. The van der Waals surface area contributed by atoms with Crippen molar-refractivity contribution in [1.29, 1.82) is 0 Å². The fourth-order valence-corrected chi connectivity index (χ4v) is 3.28. The highest BCUT2D eigenvalue weighted by molar-refractivity contribution is 6.30. The number of nitrogens with zero attached hydrogens (tertiary/aromatic N) is 4. The highest BCUT2D eigenvalue weighted by Crippen LogP contribution is 2.41. The maximum atomic E-state index is 11.7. The molecule has 0 aliphatic carbocycles. The first-order chi connectivity index (χ1) is 11.1. The molecule has 1 aromatic heterocycles. The third kappa shape index (κ3) is 2.75. The van der Waals surface area contributed by atoms with E-state index in [-0.39, 0.29) is 17.4 Å². The van der Waals surface area contributed by atoms with E-state index < -0.39 is 0 Å². The molecule has 0 saturated carbocycles. The van der Waals surface area contributed by atoms with Gasteiger partial charge in [-0.05, 0) is 42.3 Å². The van der Waals surface area contributed by atoms with Gasteiger partial charge in [-0.3, -0.25) is 0 Å². The van der Waals surface area contributed by atoms with E-state index in [4.69, 9.17) is 23.2 Å². The van der Waals surface area contributed by atoms with Crippen LogP contribution in [0.15, 0.2) is 30.5 Å². The minimum absolute atomic E-state index is 0.0582. The predicted octanol–water partition coefficient (Wildman–Crippen LogP) is 3.72. The maximum absolute atomic E-state index is 11.7. The van der Waals surface area contributed by atoms with Crippen molar-refractivity contribution in [2.75, 3.05) is 16.8 Å². The first-order valence-electron chi connectivity index (χ1n) is 7.32. The summed E-state index contributed by atoms with van der Waals surface area (Å²) in [5.41, 5.74) is 1.68. The standard InChI is InChI=1S/C16H16Cl2N4O/c1-3-12-14(9-23)21(2)13-8-19-16(18)20-15(13)22(12)11-6-4-10(17)5-7-11/h4-9,12,14H,3H2,1-2H3. The minimum Gasteiger partial charge on any atom is -0.359 e. The molecule has 120 valence electrons. The second kappa shape index (κ2) is 6.34. The van der Waals surface area contributed by atoms with Gasteiger partial charge in [0, 0.05) is 17.8 Å². The third-order valence-corrected chi connectivity index (χ3v) is 4.60. The number of carbonyl (C=O) groups is 1. The molecule has 2 atom stereocenters. The molecule has 1 aromatic carbocycles. The number of likely N-dealkylation sites (N-methyl/N-ethyl adjacent to an activating group) is 1. The molecule has 1 aliphatic rings. The summed E-state index contributed by atoms with van der Waals surface area (Å²) in [6.45, 7) is 2.05. The zero-order valence-corrected chi connectivity index (χ0v) is 14.3. The van der Waals surface area contributed by atoms with Gasteiger partial charge in [0.1, 0.15) is 12.3 Å². The summed E-state index contributed by atoms with van der Waals surface area (Å²) in [4.78, 5) is 24.1. The van der Waals surface area contributed by atoms with Crippen LogP contribution >= 0.6 is 23.2 Å². The summed E-state index contributed by atoms with van der Waals surface area (Å²) in [5.74, 6) is 0.694. The number of rotatable bonds is 3. The third-order valence-electron chi connectivity index (χ3n) is 4.16. The number of carbonyl (C=O) groups excluding carboxylic acids is 1. The van der Waals surface area contributed by atoms with Crippen LogP contribution in [0.1, 0.15) is 13.3 Å².